The smallest absolute Gasteiger partial charge is 0.121 e. The van der Waals surface area contributed by atoms with Crippen molar-refractivity contribution in [3.05, 3.63) is 396 Å². The minimum atomic E-state index is -1.81. The molecule has 19 aromatic carbocycles. The van der Waals surface area contributed by atoms with Gasteiger partial charge in [-0.15, -0.1) is 0 Å². The SMILES string of the molecule is CCC1(CC)c2ccccc2N(C)c2cc3ccccc3cc2C1(CC)CC.CCC[Si]1(C)c2ccccc2N(C)c2ccc3cc4ccccc4cc3c21.CN1c2c(ccc3ccccc23)C(C)(C)C(C)(C)c2ccc3ccccc3c21.CN1c2cc3ccccc3cc2C(C)(C)C(C)(C)c2cc3ccccc3cc21.CN1c2ccc3ccccc3c2C(C)(C)C(C)(C)c2ccc3ccccc3c21. The third-order valence-electron chi connectivity index (χ3n) is 36.3. The van der Waals surface area contributed by atoms with Crippen molar-refractivity contribution in [3.8, 4) is 0 Å². The molecule has 24 rings (SSSR count). The van der Waals surface area contributed by atoms with Crippen molar-refractivity contribution in [2.45, 2.75) is 206 Å². The zero-order chi connectivity index (χ0) is 97.6. The van der Waals surface area contributed by atoms with E-state index in [2.05, 4.69) is 536 Å². The molecule has 5 nitrogen and oxygen atoms in total. The fourth-order valence-corrected chi connectivity index (χ4v) is 31.1. The van der Waals surface area contributed by atoms with E-state index < -0.39 is 8.07 Å². The highest BCUT2D eigenvalue weighted by Crippen LogP contribution is 2.63. The van der Waals surface area contributed by atoms with Gasteiger partial charge in [0.15, 0.2) is 0 Å². The van der Waals surface area contributed by atoms with Crippen LogP contribution in [0, 0.1) is 0 Å². The van der Waals surface area contributed by atoms with E-state index in [9.17, 15) is 0 Å². The fraction of sp³-hybridized carbons (Fsp3) is 0.278. The molecule has 5 aliphatic heterocycles. The van der Waals surface area contributed by atoms with E-state index in [1.165, 1.54) is 211 Å². The van der Waals surface area contributed by atoms with Crippen LogP contribution in [0.15, 0.2) is 352 Å². The second-order valence-corrected chi connectivity index (χ2v) is 48.2. The van der Waals surface area contributed by atoms with Gasteiger partial charge in [-0.3, -0.25) is 0 Å². The lowest BCUT2D eigenvalue weighted by atomic mass is 9.52. The molecule has 0 saturated heterocycles. The fourth-order valence-electron chi connectivity index (χ4n) is 26.4. The molecule has 139 heavy (non-hydrogen) atoms. The molecule has 0 aromatic heterocycles. The van der Waals surface area contributed by atoms with E-state index in [0.717, 1.165) is 25.7 Å². The molecule has 0 spiro atoms. The molecule has 700 valence electrons. The molecule has 0 saturated carbocycles. The molecule has 0 aliphatic carbocycles. The highest BCUT2D eigenvalue weighted by Gasteiger charge is 2.55. The number of nitrogens with zero attached hydrogens (tertiary/aromatic N) is 5. The van der Waals surface area contributed by atoms with Gasteiger partial charge in [0, 0.05) is 135 Å². The van der Waals surface area contributed by atoms with E-state index in [-0.39, 0.29) is 43.3 Å². The van der Waals surface area contributed by atoms with Crippen LogP contribution >= 0.6 is 0 Å². The lowest BCUT2D eigenvalue weighted by Gasteiger charge is -2.50. The van der Waals surface area contributed by atoms with Crippen molar-refractivity contribution in [2.75, 3.05) is 59.7 Å². The molecule has 5 heterocycles. The van der Waals surface area contributed by atoms with Gasteiger partial charge >= 0.3 is 0 Å². The average molecular weight is 1840 g/mol. The first-order valence-electron chi connectivity index (χ1n) is 51.2. The number of para-hydroxylation sites is 2. The van der Waals surface area contributed by atoms with Crippen LogP contribution in [0.5, 0.6) is 0 Å². The van der Waals surface area contributed by atoms with E-state index in [4.69, 9.17) is 0 Å². The molecule has 0 N–H and O–H groups in total. The van der Waals surface area contributed by atoms with Crippen LogP contribution in [0.2, 0.25) is 12.6 Å². The summed E-state index contributed by atoms with van der Waals surface area (Å²) in [5.74, 6) is 0. The second-order valence-electron chi connectivity index (χ2n) is 44.0. The number of anilines is 10. The average Bonchev–Trinajstić information content (AvgIpc) is 1.39. The maximum absolute atomic E-state index is 2.58. The maximum Gasteiger partial charge on any atom is 0.121 e. The Balaban J connectivity index is 0.000000107. The van der Waals surface area contributed by atoms with Crippen molar-refractivity contribution in [1.82, 2.24) is 0 Å². The molecule has 0 amide bonds. The van der Waals surface area contributed by atoms with Gasteiger partial charge in [0.1, 0.15) is 8.07 Å². The van der Waals surface area contributed by atoms with Gasteiger partial charge in [-0.25, -0.2) is 0 Å². The highest BCUT2D eigenvalue weighted by atomic mass is 28.3. The van der Waals surface area contributed by atoms with Crippen LogP contribution < -0.4 is 34.9 Å². The summed E-state index contributed by atoms with van der Waals surface area (Å²) in [5, 5.41) is 27.1. The lowest BCUT2D eigenvalue weighted by molar-refractivity contribution is 0.180. The first-order chi connectivity index (χ1) is 66.7. The number of hydrogen-bond acceptors (Lipinski definition) is 5. The normalized spacial score (nSPS) is 17.5. The van der Waals surface area contributed by atoms with Crippen molar-refractivity contribution in [3.63, 3.8) is 0 Å². The predicted molar refractivity (Wildman–Crippen MR) is 611 cm³/mol. The molecule has 1 atom stereocenters. The van der Waals surface area contributed by atoms with Gasteiger partial charge in [0.05, 0.1) is 17.1 Å². The van der Waals surface area contributed by atoms with Crippen LogP contribution in [-0.2, 0) is 43.3 Å². The van der Waals surface area contributed by atoms with Gasteiger partial charge in [0.25, 0.3) is 0 Å². The Labute approximate surface area is 828 Å². The topological polar surface area (TPSA) is 16.2 Å². The summed E-state index contributed by atoms with van der Waals surface area (Å²) in [6.07, 6.45) is 5.84. The molecule has 5 aliphatic rings. The second kappa shape index (κ2) is 35.0. The standard InChI is InChI=1S/3C27H27N.C27H33N.C25H25NSi/c1-26(2)22-14-18-10-6-8-12-20(18)16-24(22)28(5)25-17-21-13-9-7-11-19(21)15-23(25)27(26,3)4;1-26(2)22-16-14-19-11-7-9-13-21(19)25(22)28(5)23-17-15-18-10-6-8-12-20(18)24(23)27(26,3)4;1-26(2)22-16-14-18-10-6-8-12-20(18)24(22)28(5)25-21-13-9-7-11-19(21)15-17-23(25)27(26,3)4;1-6-26(7-2)22-16-12-13-17-24(22)28(5)25-19-21-15-11-10-14-20(21)18-23(25)27(26,8-3)9-4;1-4-15-27(3)24-12-8-7-11-22(24)26(2)23-14-13-20-16-18-9-5-6-10-19(18)17-21(20)25(23)27/h3*6-17H,1-5H3;10-19H,6-9H2,1-5H3;5-14,16-17H,4,15H2,1-3H3. The van der Waals surface area contributed by atoms with E-state index in [0.29, 0.717) is 0 Å². The highest BCUT2D eigenvalue weighted by molar-refractivity contribution is 7.05. The molecule has 0 fully saturated rings. The monoisotopic (exact) mass is 1830 g/mol. The van der Waals surface area contributed by atoms with Crippen molar-refractivity contribution in [2.24, 2.45) is 0 Å². The minimum Gasteiger partial charge on any atom is -0.345 e. The summed E-state index contributed by atoms with van der Waals surface area (Å²) >= 11 is 0. The van der Waals surface area contributed by atoms with Crippen LogP contribution in [0.1, 0.15) is 194 Å². The number of rotatable bonds is 6. The van der Waals surface area contributed by atoms with Gasteiger partial charge in [-0.2, -0.15) is 0 Å². The van der Waals surface area contributed by atoms with Crippen molar-refractivity contribution in [1.29, 1.82) is 0 Å². The number of hydrogen-bond donors (Lipinski definition) is 0. The van der Waals surface area contributed by atoms with Gasteiger partial charge in [0.2, 0.25) is 0 Å². The Morgan fingerprint density at radius 3 is 0.957 bits per heavy atom. The Kier molecular flexibility index (Phi) is 23.5. The quantitative estimate of drug-likeness (QED) is 0.121. The van der Waals surface area contributed by atoms with Crippen LogP contribution in [0.25, 0.3) is 97.0 Å². The van der Waals surface area contributed by atoms with E-state index in [1.54, 1.807) is 10.4 Å². The summed E-state index contributed by atoms with van der Waals surface area (Å²) < 4.78 is 0. The Bertz CT molecular complexity index is 7830. The van der Waals surface area contributed by atoms with Gasteiger partial charge in [-0.05, 0) is 240 Å². The first-order valence-corrected chi connectivity index (χ1v) is 53.9. The molecular formula is C133H139N5Si. The summed E-state index contributed by atoms with van der Waals surface area (Å²) in [5.41, 5.74) is 25.2. The summed E-state index contributed by atoms with van der Waals surface area (Å²) in [6, 6.07) is 132. The molecule has 6 heteroatoms. The van der Waals surface area contributed by atoms with Crippen LogP contribution in [0.4, 0.5) is 56.9 Å². The van der Waals surface area contributed by atoms with Crippen molar-refractivity contribution >= 4 is 172 Å². The van der Waals surface area contributed by atoms with Crippen LogP contribution in [0.3, 0.4) is 0 Å². The summed E-state index contributed by atoms with van der Waals surface area (Å²) in [7, 11) is 9.36. The predicted octanol–water partition coefficient (Wildman–Crippen LogP) is 35.4. The molecular weight excluding hydrogens is 1700 g/mol. The maximum atomic E-state index is 2.58. The number of benzene rings is 19. The van der Waals surface area contributed by atoms with Crippen LogP contribution in [-0.4, -0.2) is 43.3 Å². The van der Waals surface area contributed by atoms with Crippen molar-refractivity contribution < 1.29 is 0 Å². The van der Waals surface area contributed by atoms with Gasteiger partial charge in [-0.1, -0.05) is 410 Å². The number of fused-ring (bicyclic) bond motifs is 24. The zero-order valence-corrected chi connectivity index (χ0v) is 87.5. The zero-order valence-electron chi connectivity index (χ0n) is 86.5. The molecule has 19 aromatic rings. The lowest BCUT2D eigenvalue weighted by Crippen LogP contribution is -2.60. The third-order valence-corrected chi connectivity index (χ3v) is 41.1. The molecule has 0 bridgehead atoms. The first kappa shape index (κ1) is 93.4. The largest absolute Gasteiger partial charge is 0.345 e. The van der Waals surface area contributed by atoms with E-state index in [1.807, 2.05) is 0 Å². The summed E-state index contributed by atoms with van der Waals surface area (Å²) in [4.78, 5) is 12.1. The molecule has 0 radical (unpaired) electrons. The Morgan fingerprint density at radius 2 is 0.511 bits per heavy atom. The molecule has 1 unspecified atom stereocenters. The minimum absolute atomic E-state index is 0.0195. The summed E-state index contributed by atoms with van der Waals surface area (Å²) in [6.45, 7) is 43.4. The Morgan fingerprint density at radius 1 is 0.209 bits per heavy atom. The van der Waals surface area contributed by atoms with E-state index >= 15 is 0 Å². The third kappa shape index (κ3) is 14.4. The van der Waals surface area contributed by atoms with Gasteiger partial charge < -0.3 is 24.5 Å². The Hall–Kier alpha value is -13.3.